The number of amides is 2. The molecular weight excluding hydrogens is 200 g/mol. The quantitative estimate of drug-likeness (QED) is 0.645. The van der Waals surface area contributed by atoms with Gasteiger partial charge in [-0.15, -0.1) is 0 Å². The largest absolute Gasteiger partial charge is 0.480 e. The molecule has 0 spiro atoms. The molecule has 1 atom stereocenters. The number of rotatable bonds is 5. The number of carbonyl (C=O) groups excluding carboxylic acids is 2. The monoisotopic (exact) mass is 216 g/mol. The molecule has 0 rings (SSSR count). The van der Waals surface area contributed by atoms with Gasteiger partial charge in [0.25, 0.3) is 0 Å². The van der Waals surface area contributed by atoms with E-state index in [0.717, 1.165) is 0 Å². The molecule has 0 heterocycles. The van der Waals surface area contributed by atoms with Crippen molar-refractivity contribution in [2.75, 3.05) is 14.1 Å². The van der Waals surface area contributed by atoms with Crippen molar-refractivity contribution < 1.29 is 19.5 Å². The molecule has 0 radical (unpaired) electrons. The molecule has 0 aromatic carbocycles. The number of aliphatic carboxylic acids is 1. The number of nitrogens with one attached hydrogen (secondary N) is 1. The average Bonchev–Trinajstić information content (AvgIpc) is 2.10. The Morgan fingerprint density at radius 1 is 1.33 bits per heavy atom. The first kappa shape index (κ1) is 13.4. The summed E-state index contributed by atoms with van der Waals surface area (Å²) in [5.74, 6) is -1.71. The van der Waals surface area contributed by atoms with E-state index in [-0.39, 0.29) is 18.7 Å². The van der Waals surface area contributed by atoms with Crippen LogP contribution in [0, 0.1) is 0 Å². The molecule has 0 saturated carbocycles. The van der Waals surface area contributed by atoms with Crippen molar-refractivity contribution in [3.8, 4) is 0 Å². The lowest BCUT2D eigenvalue weighted by atomic mass is 10.1. The van der Waals surface area contributed by atoms with E-state index in [0.29, 0.717) is 0 Å². The highest BCUT2D eigenvalue weighted by Gasteiger charge is 2.19. The van der Waals surface area contributed by atoms with Gasteiger partial charge in [-0.25, -0.2) is 4.79 Å². The van der Waals surface area contributed by atoms with Crippen LogP contribution < -0.4 is 5.32 Å². The van der Waals surface area contributed by atoms with Gasteiger partial charge in [-0.1, -0.05) is 0 Å². The van der Waals surface area contributed by atoms with Crippen LogP contribution >= 0.6 is 0 Å². The van der Waals surface area contributed by atoms with Crippen LogP contribution in [0.4, 0.5) is 0 Å². The molecule has 0 aliphatic rings. The number of carboxylic acids is 1. The Morgan fingerprint density at radius 2 is 1.87 bits per heavy atom. The van der Waals surface area contributed by atoms with E-state index in [1.165, 1.54) is 11.8 Å². The Balaban J connectivity index is 4.13. The first-order valence-electron chi connectivity index (χ1n) is 4.54. The first-order chi connectivity index (χ1) is 6.84. The Hall–Kier alpha value is -1.59. The van der Waals surface area contributed by atoms with Crippen LogP contribution in [0.5, 0.6) is 0 Å². The predicted molar refractivity (Wildman–Crippen MR) is 53.2 cm³/mol. The number of hydrogen-bond acceptors (Lipinski definition) is 3. The molecule has 0 aromatic heterocycles. The average molecular weight is 216 g/mol. The van der Waals surface area contributed by atoms with Gasteiger partial charge in [-0.3, -0.25) is 9.59 Å². The topological polar surface area (TPSA) is 86.7 Å². The van der Waals surface area contributed by atoms with Crippen LogP contribution in [-0.2, 0) is 14.4 Å². The third-order valence-corrected chi connectivity index (χ3v) is 1.82. The highest BCUT2D eigenvalue weighted by molar-refractivity contribution is 5.83. The van der Waals surface area contributed by atoms with Crippen LogP contribution in [0.3, 0.4) is 0 Å². The molecule has 2 amide bonds. The van der Waals surface area contributed by atoms with Gasteiger partial charge in [0.1, 0.15) is 6.04 Å². The minimum absolute atomic E-state index is 0.101. The summed E-state index contributed by atoms with van der Waals surface area (Å²) >= 11 is 0. The second kappa shape index (κ2) is 6.00. The second-order valence-corrected chi connectivity index (χ2v) is 3.42. The zero-order valence-electron chi connectivity index (χ0n) is 9.11. The van der Waals surface area contributed by atoms with Crippen LogP contribution in [0.15, 0.2) is 0 Å². The van der Waals surface area contributed by atoms with Gasteiger partial charge in [-0.2, -0.15) is 0 Å². The second-order valence-electron chi connectivity index (χ2n) is 3.42. The summed E-state index contributed by atoms with van der Waals surface area (Å²) in [5, 5.41) is 11.0. The summed E-state index contributed by atoms with van der Waals surface area (Å²) in [6.45, 7) is 1.24. The fourth-order valence-corrected chi connectivity index (χ4v) is 0.994. The molecule has 0 aliphatic carbocycles. The van der Waals surface area contributed by atoms with E-state index in [9.17, 15) is 14.4 Å². The Bertz CT molecular complexity index is 263. The molecule has 0 saturated heterocycles. The van der Waals surface area contributed by atoms with Crippen molar-refractivity contribution in [1.29, 1.82) is 0 Å². The van der Waals surface area contributed by atoms with E-state index in [1.807, 2.05) is 0 Å². The highest BCUT2D eigenvalue weighted by atomic mass is 16.4. The van der Waals surface area contributed by atoms with Crippen molar-refractivity contribution in [3.63, 3.8) is 0 Å². The summed E-state index contributed by atoms with van der Waals surface area (Å²) in [7, 11) is 3.19. The number of carboxylic acid groups (broad SMARTS) is 1. The van der Waals surface area contributed by atoms with Gasteiger partial charge < -0.3 is 15.3 Å². The lowest BCUT2D eigenvalue weighted by Crippen LogP contribution is -2.40. The van der Waals surface area contributed by atoms with Gasteiger partial charge in [-0.05, 0) is 6.42 Å². The SMILES string of the molecule is CC(=O)N[C@@H](CCC(=O)N(C)C)C(=O)O. The molecule has 0 aliphatic heterocycles. The van der Waals surface area contributed by atoms with Gasteiger partial charge in [0.2, 0.25) is 11.8 Å². The molecule has 2 N–H and O–H groups in total. The number of nitrogens with zero attached hydrogens (tertiary/aromatic N) is 1. The third-order valence-electron chi connectivity index (χ3n) is 1.82. The fraction of sp³-hybridized carbons (Fsp3) is 0.667. The lowest BCUT2D eigenvalue weighted by molar-refractivity contribution is -0.142. The van der Waals surface area contributed by atoms with E-state index in [2.05, 4.69) is 5.32 Å². The molecule has 86 valence electrons. The number of carbonyl (C=O) groups is 3. The Kier molecular flexibility index (Phi) is 5.36. The zero-order chi connectivity index (χ0) is 12.0. The summed E-state index contributed by atoms with van der Waals surface area (Å²) in [4.78, 5) is 33.9. The van der Waals surface area contributed by atoms with E-state index < -0.39 is 17.9 Å². The summed E-state index contributed by atoms with van der Waals surface area (Å²) < 4.78 is 0. The maximum atomic E-state index is 11.2. The molecule has 0 unspecified atom stereocenters. The van der Waals surface area contributed by atoms with Crippen molar-refractivity contribution >= 4 is 17.8 Å². The van der Waals surface area contributed by atoms with E-state index >= 15 is 0 Å². The minimum atomic E-state index is -1.13. The smallest absolute Gasteiger partial charge is 0.326 e. The molecule has 6 heteroatoms. The molecular formula is C9H16N2O4. The first-order valence-corrected chi connectivity index (χ1v) is 4.54. The predicted octanol–water partition coefficient (Wildman–Crippen LogP) is -0.556. The van der Waals surface area contributed by atoms with Crippen LogP contribution in [0.2, 0.25) is 0 Å². The van der Waals surface area contributed by atoms with Gasteiger partial charge >= 0.3 is 5.97 Å². The fourth-order valence-electron chi connectivity index (χ4n) is 0.994. The van der Waals surface area contributed by atoms with Crippen LogP contribution in [0.25, 0.3) is 0 Å². The van der Waals surface area contributed by atoms with Crippen LogP contribution in [0.1, 0.15) is 19.8 Å². The Labute approximate surface area is 88.2 Å². The standard InChI is InChI=1S/C9H16N2O4/c1-6(12)10-7(9(14)15)4-5-8(13)11(2)3/h7H,4-5H2,1-3H3,(H,10,12)(H,14,15)/t7-/m0/s1. The summed E-state index contributed by atoms with van der Waals surface area (Å²) in [6, 6.07) is -0.994. The van der Waals surface area contributed by atoms with Crippen molar-refractivity contribution in [1.82, 2.24) is 10.2 Å². The zero-order valence-corrected chi connectivity index (χ0v) is 9.11. The van der Waals surface area contributed by atoms with E-state index in [1.54, 1.807) is 14.1 Å². The molecule has 0 fully saturated rings. The maximum Gasteiger partial charge on any atom is 0.326 e. The van der Waals surface area contributed by atoms with Crippen molar-refractivity contribution in [2.24, 2.45) is 0 Å². The van der Waals surface area contributed by atoms with E-state index in [4.69, 9.17) is 5.11 Å². The minimum Gasteiger partial charge on any atom is -0.480 e. The number of hydrogen-bond donors (Lipinski definition) is 2. The van der Waals surface area contributed by atoms with Gasteiger partial charge in [0, 0.05) is 27.4 Å². The summed E-state index contributed by atoms with van der Waals surface area (Å²) in [5.41, 5.74) is 0. The molecule has 15 heavy (non-hydrogen) atoms. The lowest BCUT2D eigenvalue weighted by Gasteiger charge is -2.14. The highest BCUT2D eigenvalue weighted by Crippen LogP contribution is 2.00. The Morgan fingerprint density at radius 3 is 2.20 bits per heavy atom. The van der Waals surface area contributed by atoms with Crippen LogP contribution in [-0.4, -0.2) is 47.9 Å². The third kappa shape index (κ3) is 5.66. The molecule has 0 bridgehead atoms. The molecule has 6 nitrogen and oxygen atoms in total. The van der Waals surface area contributed by atoms with Gasteiger partial charge in [0.05, 0.1) is 0 Å². The normalized spacial score (nSPS) is 11.7. The summed E-state index contributed by atoms with van der Waals surface area (Å²) in [6.07, 6.45) is 0.205. The molecule has 0 aromatic rings. The van der Waals surface area contributed by atoms with Crippen molar-refractivity contribution in [3.05, 3.63) is 0 Å². The van der Waals surface area contributed by atoms with Gasteiger partial charge in [0.15, 0.2) is 0 Å². The van der Waals surface area contributed by atoms with Crippen molar-refractivity contribution in [2.45, 2.75) is 25.8 Å². The maximum absolute atomic E-state index is 11.2.